The number of ketones is 2. The number of unbranched alkanes of at least 4 members (excludes halogenated alkanes) is 10. The molecule has 2 atom stereocenters. The molecule has 0 amide bonds. The zero-order valence-electron chi connectivity index (χ0n) is 31.2. The lowest BCUT2D eigenvalue weighted by Gasteiger charge is -2.27. The minimum absolute atomic E-state index is 0.388. The summed E-state index contributed by atoms with van der Waals surface area (Å²) in [6.45, 7) is 5.44. The number of hydrogen-bond acceptors (Lipinski definition) is 10. The molecule has 2 aromatic carbocycles. The first kappa shape index (κ1) is 41.8. The maximum absolute atomic E-state index is 13.9. The lowest BCUT2D eigenvalue weighted by Crippen LogP contribution is -2.31. The molecule has 0 fully saturated rings. The highest BCUT2D eigenvalue weighted by molar-refractivity contribution is 6.24. The van der Waals surface area contributed by atoms with E-state index in [4.69, 9.17) is 18.9 Å². The molecule has 284 valence electrons. The fraction of sp³-hybridized carbons (Fsp3) is 0.524. The van der Waals surface area contributed by atoms with Gasteiger partial charge in [-0.25, -0.2) is 0 Å². The maximum Gasteiger partial charge on any atom is 0.306 e. The zero-order chi connectivity index (χ0) is 37.9. The van der Waals surface area contributed by atoms with Crippen molar-refractivity contribution in [3.8, 4) is 11.5 Å². The number of benzene rings is 2. The van der Waals surface area contributed by atoms with E-state index in [1.807, 2.05) is 0 Å². The number of allylic oxidation sites excluding steroid dienone is 2. The second kappa shape index (κ2) is 22.4. The second-order valence-electron chi connectivity index (χ2n) is 13.2. The Morgan fingerprint density at radius 2 is 0.865 bits per heavy atom. The number of aliphatic hydroxyl groups excluding tert-OH is 2. The third-order valence-corrected chi connectivity index (χ3v) is 9.42. The number of methoxy groups -OCH3 is 2. The summed E-state index contributed by atoms with van der Waals surface area (Å²) in [7, 11) is 2.39. The molecule has 10 heteroatoms. The Bertz CT molecular complexity index is 1410. The quantitative estimate of drug-likeness (QED) is 0.0612. The molecule has 0 unspecified atom stereocenters. The zero-order valence-corrected chi connectivity index (χ0v) is 31.2. The normalized spacial score (nSPS) is 14.3. The van der Waals surface area contributed by atoms with Crippen molar-refractivity contribution in [2.45, 2.75) is 116 Å². The summed E-state index contributed by atoms with van der Waals surface area (Å²) in [6, 6.07) is 13.4. The van der Waals surface area contributed by atoms with Gasteiger partial charge in [-0.2, -0.15) is 0 Å². The Balaban J connectivity index is 1.84. The fourth-order valence-corrected chi connectivity index (χ4v) is 6.37. The highest BCUT2D eigenvalue weighted by Crippen LogP contribution is 2.41. The summed E-state index contributed by atoms with van der Waals surface area (Å²) < 4.78 is 21.5. The smallest absolute Gasteiger partial charge is 0.306 e. The first-order valence-electron chi connectivity index (χ1n) is 18.7. The van der Waals surface area contributed by atoms with E-state index in [2.05, 4.69) is 13.8 Å². The molecule has 3 rings (SSSR count). The lowest BCUT2D eigenvalue weighted by atomic mass is 9.76. The van der Waals surface area contributed by atoms with Gasteiger partial charge in [0.1, 0.15) is 11.5 Å². The molecular weight excluding hydrogens is 664 g/mol. The molecule has 0 aliphatic heterocycles. The van der Waals surface area contributed by atoms with Crippen molar-refractivity contribution in [2.75, 3.05) is 27.4 Å². The van der Waals surface area contributed by atoms with Gasteiger partial charge in [-0.1, -0.05) is 102 Å². The maximum atomic E-state index is 13.9. The van der Waals surface area contributed by atoms with Crippen molar-refractivity contribution in [2.24, 2.45) is 0 Å². The molecule has 0 aromatic heterocycles. The van der Waals surface area contributed by atoms with E-state index in [0.717, 1.165) is 38.5 Å². The van der Waals surface area contributed by atoms with Gasteiger partial charge in [-0.15, -0.1) is 0 Å². The first-order valence-corrected chi connectivity index (χ1v) is 18.7. The molecule has 2 N–H and O–H groups in total. The SMILES string of the molecule is CCCCCCCCOc1ccc([C@H](CC(=O)OC)C2=C(O)C(=O)C([C@@H](CC(=O)OC)c3ccc(OCCCCCCCC)cc3)=C(O)C2=O)cc1. The van der Waals surface area contributed by atoms with Crippen molar-refractivity contribution < 1.29 is 48.3 Å². The van der Waals surface area contributed by atoms with Gasteiger partial charge in [-0.3, -0.25) is 19.2 Å². The molecule has 52 heavy (non-hydrogen) atoms. The Hall–Kier alpha value is -4.60. The van der Waals surface area contributed by atoms with E-state index in [1.165, 1.54) is 52.7 Å². The predicted molar refractivity (Wildman–Crippen MR) is 199 cm³/mol. The minimum Gasteiger partial charge on any atom is -0.504 e. The fourth-order valence-electron chi connectivity index (χ4n) is 6.37. The van der Waals surface area contributed by atoms with Gasteiger partial charge in [0.05, 0.1) is 51.4 Å². The molecule has 1 aliphatic rings. The lowest BCUT2D eigenvalue weighted by molar-refractivity contribution is -0.142. The number of carbonyl (C=O) groups is 4. The van der Waals surface area contributed by atoms with Crippen LogP contribution in [-0.2, 0) is 28.7 Å². The topological polar surface area (TPSA) is 146 Å². The molecule has 0 saturated carbocycles. The summed E-state index contributed by atoms with van der Waals surface area (Å²) in [4.78, 5) is 52.9. The molecule has 10 nitrogen and oxygen atoms in total. The highest BCUT2D eigenvalue weighted by Gasteiger charge is 2.43. The van der Waals surface area contributed by atoms with Crippen molar-refractivity contribution in [1.29, 1.82) is 0 Å². The summed E-state index contributed by atoms with van der Waals surface area (Å²) in [6.07, 6.45) is 12.7. The summed E-state index contributed by atoms with van der Waals surface area (Å²) in [5.41, 5.74) is -0.0156. The predicted octanol–water partition coefficient (Wildman–Crippen LogP) is 8.93. The van der Waals surface area contributed by atoms with Crippen LogP contribution in [0.1, 0.15) is 127 Å². The van der Waals surface area contributed by atoms with Crippen LogP contribution < -0.4 is 9.47 Å². The Kier molecular flexibility index (Phi) is 18.0. The van der Waals surface area contributed by atoms with Crippen LogP contribution in [0.25, 0.3) is 0 Å². The number of esters is 2. The van der Waals surface area contributed by atoms with Crippen LogP contribution in [0.15, 0.2) is 71.2 Å². The average Bonchev–Trinajstić information content (AvgIpc) is 3.16. The van der Waals surface area contributed by atoms with Gasteiger partial charge >= 0.3 is 11.9 Å². The van der Waals surface area contributed by atoms with Crippen LogP contribution in [0.4, 0.5) is 0 Å². The van der Waals surface area contributed by atoms with Crippen molar-refractivity contribution in [1.82, 2.24) is 0 Å². The second-order valence-corrected chi connectivity index (χ2v) is 13.2. The van der Waals surface area contributed by atoms with E-state index in [-0.39, 0.29) is 12.8 Å². The van der Waals surface area contributed by atoms with Crippen LogP contribution in [0, 0.1) is 0 Å². The molecule has 0 spiro atoms. The molecule has 0 saturated heterocycles. The van der Waals surface area contributed by atoms with E-state index in [9.17, 15) is 29.4 Å². The van der Waals surface area contributed by atoms with Gasteiger partial charge in [0.25, 0.3) is 0 Å². The minimum atomic E-state index is -1.12. The Labute approximate surface area is 308 Å². The van der Waals surface area contributed by atoms with Crippen LogP contribution >= 0.6 is 0 Å². The number of ether oxygens (including phenoxy) is 4. The first-order chi connectivity index (χ1) is 25.2. The van der Waals surface area contributed by atoms with Gasteiger partial charge in [-0.05, 0) is 48.2 Å². The largest absolute Gasteiger partial charge is 0.504 e. The summed E-state index contributed by atoms with van der Waals surface area (Å²) in [5, 5.41) is 22.7. The van der Waals surface area contributed by atoms with Crippen LogP contribution in [0.2, 0.25) is 0 Å². The highest BCUT2D eigenvalue weighted by atomic mass is 16.5. The number of rotatable bonds is 24. The van der Waals surface area contributed by atoms with E-state index >= 15 is 0 Å². The summed E-state index contributed by atoms with van der Waals surface area (Å²) >= 11 is 0. The van der Waals surface area contributed by atoms with E-state index < -0.39 is 58.0 Å². The van der Waals surface area contributed by atoms with Crippen LogP contribution in [0.3, 0.4) is 0 Å². The molecule has 1 aliphatic carbocycles. The molecule has 0 radical (unpaired) electrons. The monoisotopic (exact) mass is 720 g/mol. The van der Waals surface area contributed by atoms with Gasteiger partial charge in [0, 0.05) is 11.8 Å². The molecule has 0 heterocycles. The van der Waals surface area contributed by atoms with E-state index in [0.29, 0.717) is 35.8 Å². The van der Waals surface area contributed by atoms with Crippen LogP contribution in [-0.4, -0.2) is 61.2 Å². The van der Waals surface area contributed by atoms with Crippen molar-refractivity contribution in [3.63, 3.8) is 0 Å². The Morgan fingerprint density at radius 1 is 0.538 bits per heavy atom. The third-order valence-electron chi connectivity index (χ3n) is 9.42. The number of aliphatic hydroxyl groups is 2. The number of hydrogen-bond donors (Lipinski definition) is 2. The number of Topliss-reactive ketones (excluding diaryl/α,β-unsaturated/α-hetero) is 2. The van der Waals surface area contributed by atoms with Crippen molar-refractivity contribution in [3.05, 3.63) is 82.3 Å². The van der Waals surface area contributed by atoms with Crippen molar-refractivity contribution >= 4 is 23.5 Å². The Morgan fingerprint density at radius 3 is 1.19 bits per heavy atom. The van der Waals surface area contributed by atoms with Gasteiger partial charge in [0.2, 0.25) is 11.6 Å². The average molecular weight is 721 g/mol. The van der Waals surface area contributed by atoms with Crippen LogP contribution in [0.5, 0.6) is 11.5 Å². The van der Waals surface area contributed by atoms with Gasteiger partial charge in [0.15, 0.2) is 11.5 Å². The number of carbonyl (C=O) groups excluding carboxylic acids is 4. The molecular formula is C42H56O10. The van der Waals surface area contributed by atoms with Gasteiger partial charge < -0.3 is 29.2 Å². The molecule has 2 aromatic rings. The van der Waals surface area contributed by atoms with E-state index in [1.54, 1.807) is 48.5 Å². The third kappa shape index (κ3) is 12.3. The standard InChI is InChI=1S/C42H56O10/c1-5-7-9-11-13-15-25-51-31-21-17-29(18-22-31)33(27-35(43)49-3)37-39(45)41(47)38(42(48)40(37)46)34(28-36(44)50-4)30-19-23-32(24-20-30)52-26-16-14-12-10-8-6-2/h17-24,33-34,45,48H,5-16,25-28H2,1-4H3/t33-,34-/m0/s1. The molecule has 0 bridgehead atoms. The summed E-state index contributed by atoms with van der Waals surface area (Å²) in [5.74, 6) is -6.33.